The Balaban J connectivity index is 3.06. The molecular formula is C11H24Cl2OSi. The Labute approximate surface area is 107 Å². The van der Waals surface area contributed by atoms with Gasteiger partial charge in [-0.05, 0) is 27.2 Å². The van der Waals surface area contributed by atoms with Crippen molar-refractivity contribution in [3.63, 3.8) is 0 Å². The highest BCUT2D eigenvalue weighted by Crippen LogP contribution is 2.10. The maximum atomic E-state index is 5.70. The number of hydrogen-bond donors (Lipinski definition) is 0. The van der Waals surface area contributed by atoms with Gasteiger partial charge in [0.1, 0.15) is 0 Å². The summed E-state index contributed by atoms with van der Waals surface area (Å²) in [7, 11) is -0.216. The lowest BCUT2D eigenvalue weighted by Crippen LogP contribution is -2.19. The fourth-order valence-corrected chi connectivity index (χ4v) is 3.19. The van der Waals surface area contributed by atoms with Gasteiger partial charge >= 0.3 is 0 Å². The molecule has 0 aromatic heterocycles. The highest BCUT2D eigenvalue weighted by Gasteiger charge is 2.08. The van der Waals surface area contributed by atoms with Gasteiger partial charge in [0.05, 0.1) is 19.6 Å². The van der Waals surface area contributed by atoms with Crippen molar-refractivity contribution in [2.24, 2.45) is 0 Å². The molecule has 0 N–H and O–H groups in total. The second-order valence-corrected chi connectivity index (χ2v) is 9.32. The fourth-order valence-electron chi connectivity index (χ4n) is 1.31. The van der Waals surface area contributed by atoms with Crippen molar-refractivity contribution >= 4 is 32.7 Å². The summed E-state index contributed by atoms with van der Waals surface area (Å²) in [5, 5.41) is 0. The van der Waals surface area contributed by atoms with Crippen LogP contribution in [-0.2, 0) is 4.74 Å². The second-order valence-electron chi connectivity index (χ2n) is 4.91. The molecule has 0 aliphatic rings. The number of rotatable bonds is 8. The molecule has 0 bridgehead atoms. The number of alkyl halides is 2. The minimum absolute atomic E-state index is 0.0113. The molecule has 0 radical (unpaired) electrons. The van der Waals surface area contributed by atoms with Gasteiger partial charge in [-0.1, -0.05) is 25.3 Å². The van der Waals surface area contributed by atoms with Crippen molar-refractivity contribution in [3.05, 3.63) is 0 Å². The average molecular weight is 271 g/mol. The zero-order valence-electron chi connectivity index (χ0n) is 10.2. The van der Waals surface area contributed by atoms with Gasteiger partial charge in [0, 0.05) is 6.61 Å². The van der Waals surface area contributed by atoms with Gasteiger partial charge in [0.2, 0.25) is 0 Å². The van der Waals surface area contributed by atoms with Crippen molar-refractivity contribution < 1.29 is 4.74 Å². The molecule has 92 valence electrons. The van der Waals surface area contributed by atoms with Gasteiger partial charge in [-0.3, -0.25) is 0 Å². The first-order chi connectivity index (χ1) is 6.92. The third-order valence-corrected chi connectivity index (χ3v) is 4.76. The predicted octanol–water partition coefficient (Wildman–Crippen LogP) is 3.71. The van der Waals surface area contributed by atoms with Gasteiger partial charge in [-0.15, -0.1) is 23.2 Å². The summed E-state index contributed by atoms with van der Waals surface area (Å²) < 4.78 is 5.59. The van der Waals surface area contributed by atoms with Gasteiger partial charge < -0.3 is 4.74 Å². The van der Waals surface area contributed by atoms with Crippen molar-refractivity contribution in [3.8, 4) is 0 Å². The Morgan fingerprint density at radius 2 is 1.67 bits per heavy atom. The minimum Gasteiger partial charge on any atom is -0.376 e. The third kappa shape index (κ3) is 14.8. The molecule has 0 aliphatic carbocycles. The number of hydrogen-bond acceptors (Lipinski definition) is 1. The number of unbranched alkanes of at least 4 members (excludes halogenated alkanes) is 3. The van der Waals surface area contributed by atoms with E-state index in [4.69, 9.17) is 27.9 Å². The second kappa shape index (κ2) is 8.86. The molecule has 0 fully saturated rings. The molecule has 15 heavy (non-hydrogen) atoms. The topological polar surface area (TPSA) is 9.23 Å². The molecule has 0 spiro atoms. The lowest BCUT2D eigenvalue weighted by molar-refractivity contribution is -0.00471. The van der Waals surface area contributed by atoms with E-state index in [1.807, 2.05) is 0 Å². The van der Waals surface area contributed by atoms with Crippen molar-refractivity contribution in [2.45, 2.75) is 62.6 Å². The van der Waals surface area contributed by atoms with Crippen LogP contribution < -0.4 is 0 Å². The first-order valence-electron chi connectivity index (χ1n) is 5.84. The quantitative estimate of drug-likeness (QED) is 0.371. The van der Waals surface area contributed by atoms with Crippen LogP contribution in [0.3, 0.4) is 0 Å². The molecule has 0 aliphatic heterocycles. The molecule has 0 amide bonds. The van der Waals surface area contributed by atoms with E-state index in [0.717, 1.165) is 6.61 Å². The Morgan fingerprint density at radius 1 is 1.07 bits per heavy atom. The zero-order chi connectivity index (χ0) is 11.7. The van der Waals surface area contributed by atoms with Gasteiger partial charge in [0.15, 0.2) is 0 Å². The first kappa shape index (κ1) is 15.8. The SMILES string of the molecule is CC(C)(C)OCCCCCC[SiH2]C(Cl)Cl. The molecular weight excluding hydrogens is 247 g/mol. The van der Waals surface area contributed by atoms with E-state index in [-0.39, 0.29) is 19.6 Å². The molecule has 0 unspecified atom stereocenters. The standard InChI is InChI=1S/C11H24Cl2OSi/c1-11(2,3)14-8-6-4-5-7-9-15-10(12)13/h10H,4-9,15H2,1-3H3. The van der Waals surface area contributed by atoms with E-state index >= 15 is 0 Å². The number of halogens is 2. The Hall–Kier alpha value is 0.757. The summed E-state index contributed by atoms with van der Waals surface area (Å²) in [6, 6.07) is 1.28. The van der Waals surface area contributed by atoms with Crippen LogP contribution in [0, 0.1) is 0 Å². The maximum absolute atomic E-state index is 5.70. The molecule has 0 saturated carbocycles. The normalized spacial score (nSPS) is 13.2. The summed E-state index contributed by atoms with van der Waals surface area (Å²) in [6.45, 7) is 7.17. The van der Waals surface area contributed by atoms with Crippen LogP contribution in [-0.4, -0.2) is 26.2 Å². The van der Waals surface area contributed by atoms with Crippen molar-refractivity contribution in [1.29, 1.82) is 0 Å². The van der Waals surface area contributed by atoms with E-state index in [0.29, 0.717) is 0 Å². The van der Waals surface area contributed by atoms with Crippen LogP contribution in [0.2, 0.25) is 6.04 Å². The summed E-state index contributed by atoms with van der Waals surface area (Å²) in [4.78, 5) is 0. The van der Waals surface area contributed by atoms with Gasteiger partial charge in [-0.2, -0.15) is 0 Å². The molecule has 0 aromatic carbocycles. The van der Waals surface area contributed by atoms with Crippen molar-refractivity contribution in [2.75, 3.05) is 6.61 Å². The van der Waals surface area contributed by atoms with Crippen LogP contribution in [0.25, 0.3) is 0 Å². The molecule has 1 nitrogen and oxygen atoms in total. The molecule has 0 atom stereocenters. The summed E-state index contributed by atoms with van der Waals surface area (Å²) in [5.41, 5.74) is 0.0113. The molecule has 0 saturated heterocycles. The molecule has 0 rings (SSSR count). The lowest BCUT2D eigenvalue weighted by atomic mass is 10.2. The molecule has 0 heterocycles. The zero-order valence-corrected chi connectivity index (χ0v) is 13.1. The summed E-state index contributed by atoms with van der Waals surface area (Å²) in [6.07, 6.45) is 5.02. The largest absolute Gasteiger partial charge is 0.376 e. The first-order valence-corrected chi connectivity index (χ1v) is 8.53. The van der Waals surface area contributed by atoms with E-state index in [1.54, 1.807) is 0 Å². The monoisotopic (exact) mass is 270 g/mol. The molecule has 0 aromatic rings. The summed E-state index contributed by atoms with van der Waals surface area (Å²) in [5.74, 6) is 0. The van der Waals surface area contributed by atoms with Crippen LogP contribution in [0.15, 0.2) is 0 Å². The minimum atomic E-state index is -0.216. The van der Waals surface area contributed by atoms with Crippen molar-refractivity contribution in [1.82, 2.24) is 0 Å². The summed E-state index contributed by atoms with van der Waals surface area (Å²) >= 11 is 11.4. The Morgan fingerprint density at radius 3 is 2.20 bits per heavy atom. The van der Waals surface area contributed by atoms with E-state index in [9.17, 15) is 0 Å². The Kier molecular flexibility index (Phi) is 9.30. The highest BCUT2D eigenvalue weighted by atomic mass is 35.5. The van der Waals surface area contributed by atoms with Crippen LogP contribution in [0.4, 0.5) is 0 Å². The predicted molar refractivity (Wildman–Crippen MR) is 73.0 cm³/mol. The van der Waals surface area contributed by atoms with E-state index in [1.165, 1.54) is 31.7 Å². The fraction of sp³-hybridized carbons (Fsp3) is 1.00. The van der Waals surface area contributed by atoms with Gasteiger partial charge in [0.25, 0.3) is 0 Å². The van der Waals surface area contributed by atoms with Gasteiger partial charge in [-0.25, -0.2) is 0 Å². The van der Waals surface area contributed by atoms with E-state index in [2.05, 4.69) is 20.8 Å². The maximum Gasteiger partial charge on any atom is 0.0908 e. The van der Waals surface area contributed by atoms with Crippen LogP contribution in [0.1, 0.15) is 46.5 Å². The average Bonchev–Trinajstić information content (AvgIpc) is 2.07. The van der Waals surface area contributed by atoms with E-state index < -0.39 is 0 Å². The number of ether oxygens (including phenoxy) is 1. The highest BCUT2D eigenvalue weighted by molar-refractivity contribution is 6.68. The van der Waals surface area contributed by atoms with Crippen LogP contribution in [0.5, 0.6) is 0 Å². The third-order valence-electron chi connectivity index (χ3n) is 2.10. The Bertz CT molecular complexity index is 146. The molecule has 4 heteroatoms. The smallest absolute Gasteiger partial charge is 0.0908 e. The lowest BCUT2D eigenvalue weighted by Gasteiger charge is -2.19. The van der Waals surface area contributed by atoms with Crippen LogP contribution >= 0.6 is 23.2 Å².